The summed E-state index contributed by atoms with van der Waals surface area (Å²) in [6.07, 6.45) is 2.66. The lowest BCUT2D eigenvalue weighted by atomic mass is 10.2. The molecule has 0 fully saturated rings. The number of benzene rings is 1. The smallest absolute Gasteiger partial charge is 0.258 e. The van der Waals surface area contributed by atoms with Crippen LogP contribution in [0.1, 0.15) is 16.1 Å². The van der Waals surface area contributed by atoms with Crippen molar-refractivity contribution in [3.05, 3.63) is 47.8 Å². The minimum atomic E-state index is -3.27. The fourth-order valence-corrected chi connectivity index (χ4v) is 2.17. The zero-order chi connectivity index (χ0) is 14.8. The molecule has 0 atom stereocenters. The van der Waals surface area contributed by atoms with Gasteiger partial charge in [0.1, 0.15) is 0 Å². The van der Waals surface area contributed by atoms with Gasteiger partial charge in [0.2, 0.25) is 5.95 Å². The first-order valence-corrected chi connectivity index (χ1v) is 7.66. The van der Waals surface area contributed by atoms with Gasteiger partial charge < -0.3 is 0 Å². The van der Waals surface area contributed by atoms with Crippen molar-refractivity contribution in [1.29, 1.82) is 0 Å². The first-order valence-electron chi connectivity index (χ1n) is 5.77. The molecule has 0 unspecified atom stereocenters. The van der Waals surface area contributed by atoms with Crippen molar-refractivity contribution in [2.75, 3.05) is 11.6 Å². The second kappa shape index (κ2) is 5.38. The number of nitrogens with one attached hydrogen (secondary N) is 1. The van der Waals surface area contributed by atoms with Crippen molar-refractivity contribution in [1.82, 2.24) is 9.97 Å². The Morgan fingerprint density at radius 3 is 2.35 bits per heavy atom. The van der Waals surface area contributed by atoms with Gasteiger partial charge in [-0.05, 0) is 37.3 Å². The molecule has 0 saturated carbocycles. The fraction of sp³-hybridized carbons (Fsp3) is 0.154. The average molecular weight is 291 g/mol. The van der Waals surface area contributed by atoms with Crippen LogP contribution in [0.4, 0.5) is 5.95 Å². The number of sulfone groups is 1. The summed E-state index contributed by atoms with van der Waals surface area (Å²) < 4.78 is 22.6. The van der Waals surface area contributed by atoms with Gasteiger partial charge in [0, 0.05) is 23.7 Å². The van der Waals surface area contributed by atoms with Gasteiger partial charge in [-0.1, -0.05) is 0 Å². The Hall–Kier alpha value is -2.28. The molecule has 1 heterocycles. The van der Waals surface area contributed by atoms with E-state index in [1.807, 2.05) is 0 Å². The molecule has 0 aliphatic carbocycles. The summed E-state index contributed by atoms with van der Waals surface area (Å²) >= 11 is 0. The molecule has 6 nitrogen and oxygen atoms in total. The van der Waals surface area contributed by atoms with Gasteiger partial charge in [0.05, 0.1) is 4.90 Å². The normalized spacial score (nSPS) is 11.1. The van der Waals surface area contributed by atoms with Gasteiger partial charge in [-0.25, -0.2) is 18.4 Å². The van der Waals surface area contributed by atoms with E-state index in [0.29, 0.717) is 5.56 Å². The van der Waals surface area contributed by atoms with Crippen LogP contribution in [0.2, 0.25) is 0 Å². The number of rotatable bonds is 3. The lowest BCUT2D eigenvalue weighted by molar-refractivity contribution is 0.102. The van der Waals surface area contributed by atoms with Gasteiger partial charge >= 0.3 is 0 Å². The molecule has 0 spiro atoms. The summed E-state index contributed by atoms with van der Waals surface area (Å²) in [7, 11) is -3.27. The Morgan fingerprint density at radius 1 is 1.15 bits per heavy atom. The number of amides is 1. The number of hydrogen-bond acceptors (Lipinski definition) is 5. The number of anilines is 1. The zero-order valence-electron chi connectivity index (χ0n) is 11.0. The molecule has 20 heavy (non-hydrogen) atoms. The Bertz CT molecular complexity index is 740. The second-order valence-corrected chi connectivity index (χ2v) is 6.29. The Labute approximate surface area is 116 Å². The highest BCUT2D eigenvalue weighted by Gasteiger charge is 2.11. The molecule has 1 aromatic carbocycles. The number of carbonyl (C=O) groups excluding carboxylic acids is 1. The van der Waals surface area contributed by atoms with Crippen molar-refractivity contribution in [3.8, 4) is 0 Å². The van der Waals surface area contributed by atoms with E-state index in [0.717, 1.165) is 11.9 Å². The predicted octanol–water partition coefficient (Wildman–Crippen LogP) is 1.44. The fourth-order valence-electron chi connectivity index (χ4n) is 1.54. The molecule has 0 saturated heterocycles. The van der Waals surface area contributed by atoms with Crippen molar-refractivity contribution in [2.24, 2.45) is 0 Å². The van der Waals surface area contributed by atoms with Crippen LogP contribution >= 0.6 is 0 Å². The van der Waals surface area contributed by atoms with Crippen LogP contribution in [-0.2, 0) is 9.84 Å². The van der Waals surface area contributed by atoms with E-state index in [9.17, 15) is 13.2 Å². The van der Waals surface area contributed by atoms with Gasteiger partial charge in [-0.3, -0.25) is 10.1 Å². The first kappa shape index (κ1) is 14.1. The molecule has 1 aromatic heterocycles. The summed E-state index contributed by atoms with van der Waals surface area (Å²) in [5.41, 5.74) is 1.07. The van der Waals surface area contributed by atoms with E-state index in [1.54, 1.807) is 19.2 Å². The number of hydrogen-bond donors (Lipinski definition) is 1. The third-order valence-corrected chi connectivity index (χ3v) is 3.69. The molecular weight excluding hydrogens is 278 g/mol. The van der Waals surface area contributed by atoms with Crippen LogP contribution in [-0.4, -0.2) is 30.5 Å². The number of nitrogens with zero attached hydrogens (tertiary/aromatic N) is 2. The largest absolute Gasteiger partial charge is 0.290 e. The molecule has 0 aliphatic rings. The highest BCUT2D eigenvalue weighted by atomic mass is 32.2. The molecule has 104 valence electrons. The van der Waals surface area contributed by atoms with Crippen LogP contribution in [0, 0.1) is 6.92 Å². The van der Waals surface area contributed by atoms with Gasteiger partial charge in [0.25, 0.3) is 5.91 Å². The highest BCUT2D eigenvalue weighted by molar-refractivity contribution is 7.90. The Balaban J connectivity index is 2.18. The van der Waals surface area contributed by atoms with Crippen molar-refractivity contribution in [3.63, 3.8) is 0 Å². The second-order valence-electron chi connectivity index (χ2n) is 4.27. The van der Waals surface area contributed by atoms with E-state index in [1.165, 1.54) is 24.3 Å². The zero-order valence-corrected chi connectivity index (χ0v) is 11.8. The molecule has 0 radical (unpaired) electrons. The molecule has 7 heteroatoms. The predicted molar refractivity (Wildman–Crippen MR) is 74.3 cm³/mol. The minimum absolute atomic E-state index is 0.167. The quantitative estimate of drug-likeness (QED) is 0.924. The van der Waals surface area contributed by atoms with Crippen LogP contribution in [0.25, 0.3) is 0 Å². The Morgan fingerprint density at radius 2 is 1.80 bits per heavy atom. The lowest BCUT2D eigenvalue weighted by Gasteiger charge is -2.05. The summed E-state index contributed by atoms with van der Waals surface area (Å²) in [6, 6.07) is 7.39. The summed E-state index contributed by atoms with van der Waals surface area (Å²) in [5, 5.41) is 2.55. The lowest BCUT2D eigenvalue weighted by Crippen LogP contribution is -2.14. The van der Waals surface area contributed by atoms with Crippen LogP contribution in [0.5, 0.6) is 0 Å². The molecule has 1 amide bonds. The van der Waals surface area contributed by atoms with Crippen molar-refractivity contribution >= 4 is 21.7 Å². The first-order chi connectivity index (χ1) is 9.36. The molecule has 0 bridgehead atoms. The van der Waals surface area contributed by atoms with E-state index in [-0.39, 0.29) is 10.8 Å². The van der Waals surface area contributed by atoms with Gasteiger partial charge in [0.15, 0.2) is 9.84 Å². The monoisotopic (exact) mass is 291 g/mol. The number of aryl methyl sites for hydroxylation is 1. The third-order valence-electron chi connectivity index (χ3n) is 2.56. The molecule has 1 N–H and O–H groups in total. The molecule has 0 aliphatic heterocycles. The third kappa shape index (κ3) is 3.39. The average Bonchev–Trinajstić information content (AvgIpc) is 2.38. The summed E-state index contributed by atoms with van der Waals surface area (Å²) in [4.78, 5) is 20.1. The van der Waals surface area contributed by atoms with E-state index < -0.39 is 15.7 Å². The van der Waals surface area contributed by atoms with Crippen LogP contribution in [0.3, 0.4) is 0 Å². The van der Waals surface area contributed by atoms with Crippen molar-refractivity contribution < 1.29 is 13.2 Å². The van der Waals surface area contributed by atoms with Crippen LogP contribution in [0.15, 0.2) is 41.4 Å². The maximum absolute atomic E-state index is 11.9. The topological polar surface area (TPSA) is 89.0 Å². The number of carbonyl (C=O) groups is 1. The highest BCUT2D eigenvalue weighted by Crippen LogP contribution is 2.11. The van der Waals surface area contributed by atoms with E-state index >= 15 is 0 Å². The van der Waals surface area contributed by atoms with Crippen molar-refractivity contribution in [2.45, 2.75) is 11.8 Å². The maximum Gasteiger partial charge on any atom is 0.258 e. The molecular formula is C13H13N3O3S. The standard InChI is InChI=1S/C13H13N3O3S/c1-9-7-8-14-13(15-9)16-12(17)10-3-5-11(6-4-10)20(2,18)19/h3-8H,1-2H3,(H,14,15,16,17). The Kier molecular flexibility index (Phi) is 3.80. The molecule has 2 aromatic rings. The number of aromatic nitrogens is 2. The SMILES string of the molecule is Cc1ccnc(NC(=O)c2ccc(S(C)(=O)=O)cc2)n1. The van der Waals surface area contributed by atoms with E-state index in [4.69, 9.17) is 0 Å². The summed E-state index contributed by atoms with van der Waals surface area (Å²) in [6.45, 7) is 1.79. The van der Waals surface area contributed by atoms with Gasteiger partial charge in [-0.2, -0.15) is 0 Å². The van der Waals surface area contributed by atoms with E-state index in [2.05, 4.69) is 15.3 Å². The molecule has 2 rings (SSSR count). The maximum atomic E-state index is 11.9. The minimum Gasteiger partial charge on any atom is -0.290 e. The summed E-state index contributed by atoms with van der Waals surface area (Å²) in [5.74, 6) is -0.183. The van der Waals surface area contributed by atoms with Gasteiger partial charge in [-0.15, -0.1) is 0 Å². The van der Waals surface area contributed by atoms with Crippen LogP contribution < -0.4 is 5.32 Å².